The van der Waals surface area contributed by atoms with Gasteiger partial charge < -0.3 is 9.47 Å². The van der Waals surface area contributed by atoms with Crippen molar-refractivity contribution in [3.05, 3.63) is 26.5 Å². The number of aromatic nitrogens is 2. The van der Waals surface area contributed by atoms with E-state index in [-0.39, 0.29) is 10.9 Å². The summed E-state index contributed by atoms with van der Waals surface area (Å²) in [5.41, 5.74) is 2.57. The number of hydrogen-bond acceptors (Lipinski definition) is 4. The third-order valence-corrected chi connectivity index (χ3v) is 5.42. The Balaban J connectivity index is 2.68. The average molecular weight is 490 g/mol. The fourth-order valence-corrected chi connectivity index (χ4v) is 3.65. The van der Waals surface area contributed by atoms with Crippen LogP contribution in [0.15, 0.2) is 5.76 Å². The van der Waals surface area contributed by atoms with Crippen molar-refractivity contribution in [2.75, 3.05) is 14.2 Å². The van der Waals surface area contributed by atoms with Gasteiger partial charge >= 0.3 is 0 Å². The highest BCUT2D eigenvalue weighted by molar-refractivity contribution is 14.1. The molecule has 1 aliphatic carbocycles. The third kappa shape index (κ3) is 2.34. The maximum absolute atomic E-state index is 5.47. The maximum atomic E-state index is 5.47. The molecule has 1 aromatic rings. The highest BCUT2D eigenvalue weighted by atomic mass is 127. The van der Waals surface area contributed by atoms with Crippen LogP contribution in [0.25, 0.3) is 4.48 Å². The zero-order valence-electron chi connectivity index (χ0n) is 10.00. The molecule has 0 aromatic carbocycles. The Bertz CT molecular complexity index is 522. The molecule has 0 radical (unpaired) electrons. The molecule has 0 spiro atoms. The van der Waals surface area contributed by atoms with E-state index in [1.165, 1.54) is 0 Å². The molecule has 0 amide bonds. The van der Waals surface area contributed by atoms with Crippen LogP contribution >= 0.6 is 54.5 Å². The van der Waals surface area contributed by atoms with Crippen molar-refractivity contribution in [1.29, 1.82) is 0 Å². The van der Waals surface area contributed by atoms with Gasteiger partial charge in [-0.05, 0) is 45.4 Å². The van der Waals surface area contributed by atoms with Crippen molar-refractivity contribution in [3.8, 4) is 0 Å². The average Bonchev–Trinajstić information content (AvgIpc) is 2.35. The van der Waals surface area contributed by atoms with Crippen LogP contribution in [0.3, 0.4) is 0 Å². The molecule has 1 heterocycles. The lowest BCUT2D eigenvalue weighted by atomic mass is 10.0. The number of alkyl halides is 1. The summed E-state index contributed by atoms with van der Waals surface area (Å²) in [7, 11) is 3.27. The second-order valence-electron chi connectivity index (χ2n) is 3.77. The molecule has 0 saturated carbocycles. The molecule has 18 heavy (non-hydrogen) atoms. The molecule has 0 bridgehead atoms. The van der Waals surface area contributed by atoms with Crippen LogP contribution in [-0.4, -0.2) is 30.3 Å². The van der Waals surface area contributed by atoms with Gasteiger partial charge in [-0.15, -0.1) is 0 Å². The topological polar surface area (TPSA) is 44.2 Å². The molecule has 7 heteroatoms. The highest BCUT2D eigenvalue weighted by Crippen LogP contribution is 2.44. The van der Waals surface area contributed by atoms with E-state index in [1.54, 1.807) is 14.2 Å². The smallest absolute Gasteiger partial charge is 0.142 e. The van der Waals surface area contributed by atoms with E-state index in [1.807, 2.05) is 6.92 Å². The van der Waals surface area contributed by atoms with Gasteiger partial charge in [-0.1, -0.05) is 15.9 Å². The molecule has 0 fully saturated rings. The molecule has 1 aromatic heterocycles. The summed E-state index contributed by atoms with van der Waals surface area (Å²) in [5.74, 6) is 0.724. The molecule has 2 rings (SSSR count). The van der Waals surface area contributed by atoms with Crippen LogP contribution in [0.2, 0.25) is 0 Å². The van der Waals surface area contributed by atoms with Crippen LogP contribution in [0.5, 0.6) is 0 Å². The number of aryl methyl sites for hydroxylation is 1. The maximum Gasteiger partial charge on any atom is 0.142 e. The van der Waals surface area contributed by atoms with E-state index in [4.69, 9.17) is 9.47 Å². The first kappa shape index (κ1) is 14.7. The number of fused-ring (bicyclic) bond motifs is 1. The monoisotopic (exact) mass is 488 g/mol. The molecule has 4 nitrogen and oxygen atoms in total. The fraction of sp³-hybridized carbons (Fsp3) is 0.455. The molecule has 1 aliphatic rings. The molecule has 2 unspecified atom stereocenters. The molecule has 2 atom stereocenters. The first-order valence-corrected chi connectivity index (χ1v) is 7.95. The Labute approximate surface area is 136 Å². The van der Waals surface area contributed by atoms with Gasteiger partial charge in [-0.25, -0.2) is 9.97 Å². The normalized spacial score (nSPS) is 23.0. The number of hydrogen-bond donors (Lipinski definition) is 0. The molecule has 0 saturated heterocycles. The summed E-state index contributed by atoms with van der Waals surface area (Å²) in [6.07, 6.45) is -0.218. The van der Waals surface area contributed by atoms with Crippen molar-refractivity contribution in [2.45, 2.75) is 17.9 Å². The minimum absolute atomic E-state index is 0.0737. The van der Waals surface area contributed by atoms with Crippen molar-refractivity contribution in [3.63, 3.8) is 0 Å². The van der Waals surface area contributed by atoms with Gasteiger partial charge in [-0.3, -0.25) is 0 Å². The second-order valence-corrected chi connectivity index (χ2v) is 6.58. The minimum atomic E-state index is -0.218. The molecule has 0 aliphatic heterocycles. The lowest BCUT2D eigenvalue weighted by Crippen LogP contribution is -2.27. The quantitative estimate of drug-likeness (QED) is 0.471. The molecular formula is C11H11Br2IN2O2. The lowest BCUT2D eigenvalue weighted by Gasteiger charge is -2.29. The van der Waals surface area contributed by atoms with Gasteiger partial charge in [0.1, 0.15) is 21.3 Å². The van der Waals surface area contributed by atoms with Gasteiger partial charge in [0, 0.05) is 7.11 Å². The van der Waals surface area contributed by atoms with Crippen molar-refractivity contribution in [1.82, 2.24) is 9.97 Å². The van der Waals surface area contributed by atoms with Crippen molar-refractivity contribution in [2.24, 2.45) is 0 Å². The van der Waals surface area contributed by atoms with E-state index in [0.29, 0.717) is 0 Å². The number of methoxy groups -OCH3 is 2. The number of halogens is 3. The summed E-state index contributed by atoms with van der Waals surface area (Å²) in [6, 6.07) is 0. The summed E-state index contributed by atoms with van der Waals surface area (Å²) in [6.45, 7) is 1.94. The van der Waals surface area contributed by atoms with Crippen LogP contribution in [0.4, 0.5) is 0 Å². The highest BCUT2D eigenvalue weighted by Gasteiger charge is 2.37. The van der Waals surface area contributed by atoms with Crippen LogP contribution in [-0.2, 0) is 9.47 Å². The predicted octanol–water partition coefficient (Wildman–Crippen LogP) is 3.56. The fourth-order valence-electron chi connectivity index (χ4n) is 1.81. The van der Waals surface area contributed by atoms with E-state index in [9.17, 15) is 0 Å². The van der Waals surface area contributed by atoms with Crippen molar-refractivity contribution < 1.29 is 9.47 Å². The summed E-state index contributed by atoms with van der Waals surface area (Å²) >= 11 is 9.33. The van der Waals surface area contributed by atoms with Gasteiger partial charge in [0.25, 0.3) is 0 Å². The predicted molar refractivity (Wildman–Crippen MR) is 84.8 cm³/mol. The molecule has 0 N–H and O–H groups in total. The summed E-state index contributed by atoms with van der Waals surface area (Å²) < 4.78 is 12.6. The van der Waals surface area contributed by atoms with E-state index >= 15 is 0 Å². The number of ether oxygens (including phenoxy) is 2. The largest absolute Gasteiger partial charge is 0.497 e. The summed E-state index contributed by atoms with van der Waals surface area (Å²) in [5, 5.41) is 0. The minimum Gasteiger partial charge on any atom is -0.497 e. The van der Waals surface area contributed by atoms with Gasteiger partial charge in [0.2, 0.25) is 0 Å². The molecule has 98 valence electrons. The second kappa shape index (κ2) is 5.72. The first-order valence-electron chi connectivity index (χ1n) is 5.16. The van der Waals surface area contributed by atoms with Gasteiger partial charge in [-0.2, -0.15) is 0 Å². The third-order valence-electron chi connectivity index (χ3n) is 2.72. The van der Waals surface area contributed by atoms with Gasteiger partial charge in [0.05, 0.1) is 27.8 Å². The Morgan fingerprint density at radius 1 is 1.28 bits per heavy atom. The Hall–Kier alpha value is 0.270. The van der Waals surface area contributed by atoms with Crippen molar-refractivity contribution >= 4 is 58.9 Å². The Morgan fingerprint density at radius 2 is 1.94 bits per heavy atom. The first-order chi connectivity index (χ1) is 8.51. The number of rotatable bonds is 2. The van der Waals surface area contributed by atoms with E-state index in [0.717, 1.165) is 31.0 Å². The van der Waals surface area contributed by atoms with E-state index < -0.39 is 0 Å². The Kier molecular flexibility index (Phi) is 4.66. The number of nitrogens with zero attached hydrogens (tertiary/aromatic N) is 2. The lowest BCUT2D eigenvalue weighted by molar-refractivity contribution is 0.0773. The van der Waals surface area contributed by atoms with Crippen LogP contribution < -0.4 is 0 Å². The zero-order valence-corrected chi connectivity index (χ0v) is 15.3. The standard InChI is InChI=1S/C11H11Br2IN2O2/c1-4-11(14)16-8-6(13)10(18-3)9(17-2)5(12)7(8)15-4/h6,10H,1-3H3. The zero-order chi connectivity index (χ0) is 13.4. The SMILES string of the molecule is COC1=C(Br)c2nc(C)c(I)nc2C(Br)C1OC. The Morgan fingerprint density at radius 3 is 2.50 bits per heavy atom. The van der Waals surface area contributed by atoms with Crippen LogP contribution in [0, 0.1) is 10.6 Å². The van der Waals surface area contributed by atoms with Crippen LogP contribution in [0.1, 0.15) is 21.9 Å². The van der Waals surface area contributed by atoms with Gasteiger partial charge in [0.15, 0.2) is 0 Å². The summed E-state index contributed by atoms with van der Waals surface area (Å²) in [4.78, 5) is 9.09. The molecular weight excluding hydrogens is 479 g/mol. The van der Waals surface area contributed by atoms with E-state index in [2.05, 4.69) is 64.4 Å².